The number of carbonyl (C=O) groups is 1. The van der Waals surface area contributed by atoms with Gasteiger partial charge < -0.3 is 4.74 Å². The summed E-state index contributed by atoms with van der Waals surface area (Å²) in [7, 11) is 0. The fraction of sp³-hybridized carbons (Fsp3) is 0.200. The lowest BCUT2D eigenvalue weighted by atomic mass is 10.0. The van der Waals surface area contributed by atoms with Crippen molar-refractivity contribution in [2.75, 3.05) is 0 Å². The quantitative estimate of drug-likeness (QED) is 0.772. The van der Waals surface area contributed by atoms with E-state index in [-0.39, 0.29) is 12.4 Å². The van der Waals surface area contributed by atoms with Crippen molar-refractivity contribution >= 4 is 16.7 Å². The number of esters is 1. The molecule has 2 aromatic carbocycles. The third-order valence-electron chi connectivity index (χ3n) is 2.73. The summed E-state index contributed by atoms with van der Waals surface area (Å²) in [5.41, 5.74) is 0.852. The lowest BCUT2D eigenvalue weighted by Crippen LogP contribution is -2.07. The van der Waals surface area contributed by atoms with Crippen LogP contribution in [0.25, 0.3) is 10.8 Å². The molecule has 0 radical (unpaired) electrons. The zero-order valence-corrected chi connectivity index (χ0v) is 10.1. The van der Waals surface area contributed by atoms with Crippen LogP contribution >= 0.6 is 0 Å². The largest absolute Gasteiger partial charge is 0.457 e. The normalized spacial score (nSPS) is 11.8. The van der Waals surface area contributed by atoms with Gasteiger partial charge in [-0.15, -0.1) is 0 Å². The summed E-state index contributed by atoms with van der Waals surface area (Å²) in [6, 6.07) is 15.8. The van der Waals surface area contributed by atoms with Gasteiger partial charge in [-0.25, -0.2) is 0 Å². The molecule has 0 heterocycles. The second-order valence-corrected chi connectivity index (χ2v) is 4.07. The molecule has 2 aromatic rings. The lowest BCUT2D eigenvalue weighted by Gasteiger charge is -2.14. The number of fused-ring (bicyclic) bond motifs is 1. The highest BCUT2D eigenvalue weighted by Gasteiger charge is 2.14. The van der Waals surface area contributed by atoms with Crippen molar-refractivity contribution in [3.05, 3.63) is 48.0 Å². The van der Waals surface area contributed by atoms with Gasteiger partial charge in [0.1, 0.15) is 6.10 Å². The van der Waals surface area contributed by atoms with Crippen LogP contribution in [0.4, 0.5) is 0 Å². The van der Waals surface area contributed by atoms with Crippen LogP contribution in [0.5, 0.6) is 0 Å². The zero-order valence-electron chi connectivity index (χ0n) is 10.1. The van der Waals surface area contributed by atoms with Crippen molar-refractivity contribution in [2.45, 2.75) is 19.4 Å². The van der Waals surface area contributed by atoms with Gasteiger partial charge in [0.2, 0.25) is 0 Å². The van der Waals surface area contributed by atoms with Gasteiger partial charge in [-0.3, -0.25) is 4.79 Å². The van der Waals surface area contributed by atoms with Crippen molar-refractivity contribution in [2.24, 2.45) is 0 Å². The zero-order chi connectivity index (χ0) is 13.0. The van der Waals surface area contributed by atoms with Gasteiger partial charge in [0.05, 0.1) is 12.5 Å². The molecule has 0 aliphatic rings. The third kappa shape index (κ3) is 2.67. The Bertz CT molecular complexity index is 613. The summed E-state index contributed by atoms with van der Waals surface area (Å²) in [5, 5.41) is 11.0. The van der Waals surface area contributed by atoms with Gasteiger partial charge in [-0.1, -0.05) is 36.4 Å². The highest BCUT2D eigenvalue weighted by atomic mass is 16.5. The van der Waals surface area contributed by atoms with E-state index in [0.29, 0.717) is 0 Å². The first-order chi connectivity index (χ1) is 8.70. The predicted molar refractivity (Wildman–Crippen MR) is 68.7 cm³/mol. The second-order valence-electron chi connectivity index (χ2n) is 4.07. The Morgan fingerprint density at radius 3 is 2.67 bits per heavy atom. The molecule has 1 atom stereocenters. The first-order valence-corrected chi connectivity index (χ1v) is 5.73. The van der Waals surface area contributed by atoms with E-state index in [1.807, 2.05) is 48.5 Å². The van der Waals surface area contributed by atoms with Gasteiger partial charge in [-0.2, -0.15) is 5.26 Å². The van der Waals surface area contributed by atoms with E-state index in [1.165, 1.54) is 6.92 Å². The molecule has 0 aliphatic heterocycles. The molecule has 0 N–H and O–H groups in total. The highest BCUT2D eigenvalue weighted by Crippen LogP contribution is 2.25. The van der Waals surface area contributed by atoms with E-state index in [2.05, 4.69) is 0 Å². The average molecular weight is 239 g/mol. The average Bonchev–Trinajstić information content (AvgIpc) is 2.37. The number of nitriles is 1. The molecular formula is C15H13NO2. The maximum Gasteiger partial charge on any atom is 0.303 e. The van der Waals surface area contributed by atoms with Crippen molar-refractivity contribution in [3.63, 3.8) is 0 Å². The van der Waals surface area contributed by atoms with Crippen LogP contribution in [-0.4, -0.2) is 5.97 Å². The van der Waals surface area contributed by atoms with E-state index < -0.39 is 6.10 Å². The van der Waals surface area contributed by atoms with Crippen LogP contribution in [-0.2, 0) is 9.53 Å². The van der Waals surface area contributed by atoms with E-state index >= 15 is 0 Å². The molecule has 0 bridgehead atoms. The minimum Gasteiger partial charge on any atom is -0.457 e. The number of rotatable bonds is 3. The Morgan fingerprint density at radius 2 is 2.00 bits per heavy atom. The summed E-state index contributed by atoms with van der Waals surface area (Å²) in [6.07, 6.45) is -0.324. The van der Waals surface area contributed by atoms with Crippen LogP contribution in [0, 0.1) is 11.3 Å². The Morgan fingerprint density at radius 1 is 1.28 bits per heavy atom. The van der Waals surface area contributed by atoms with E-state index in [9.17, 15) is 4.79 Å². The van der Waals surface area contributed by atoms with Gasteiger partial charge >= 0.3 is 5.97 Å². The Hall–Kier alpha value is -2.34. The van der Waals surface area contributed by atoms with Crippen molar-refractivity contribution in [1.82, 2.24) is 0 Å². The summed E-state index contributed by atoms with van der Waals surface area (Å²) in [4.78, 5) is 11.0. The first-order valence-electron chi connectivity index (χ1n) is 5.73. The highest BCUT2D eigenvalue weighted by molar-refractivity contribution is 5.83. The maximum atomic E-state index is 11.0. The monoisotopic (exact) mass is 239 g/mol. The SMILES string of the molecule is CC(=O)O[C@H](CC#N)c1ccc2ccccc2c1. The number of benzene rings is 2. The van der Waals surface area contributed by atoms with Crippen LogP contribution in [0.2, 0.25) is 0 Å². The standard InChI is InChI=1S/C15H13NO2/c1-11(17)18-15(8-9-16)14-7-6-12-4-2-3-5-13(12)10-14/h2-7,10,15H,8H2,1H3/t15-/m1/s1. The second kappa shape index (κ2) is 5.33. The summed E-state index contributed by atoms with van der Waals surface area (Å²) in [6.45, 7) is 1.35. The topological polar surface area (TPSA) is 50.1 Å². The number of ether oxygens (including phenoxy) is 1. The number of carbonyl (C=O) groups excluding carboxylic acids is 1. The Kier molecular flexibility index (Phi) is 3.59. The third-order valence-corrected chi connectivity index (χ3v) is 2.73. The molecule has 0 amide bonds. The lowest BCUT2D eigenvalue weighted by molar-refractivity contribution is -0.146. The van der Waals surface area contributed by atoms with Crippen LogP contribution < -0.4 is 0 Å². The number of nitrogens with zero attached hydrogens (tertiary/aromatic N) is 1. The molecule has 90 valence electrons. The van der Waals surface area contributed by atoms with Gasteiger partial charge in [0.15, 0.2) is 0 Å². The maximum absolute atomic E-state index is 11.0. The molecule has 0 aliphatic carbocycles. The molecule has 2 rings (SSSR count). The summed E-state index contributed by atoms with van der Waals surface area (Å²) >= 11 is 0. The molecule has 0 aromatic heterocycles. The fourth-order valence-electron chi connectivity index (χ4n) is 1.92. The molecule has 0 saturated heterocycles. The van der Waals surface area contributed by atoms with E-state index in [0.717, 1.165) is 16.3 Å². The Balaban J connectivity index is 2.38. The molecular weight excluding hydrogens is 226 g/mol. The Labute approximate surface area is 106 Å². The van der Waals surface area contributed by atoms with Crippen LogP contribution in [0.3, 0.4) is 0 Å². The predicted octanol–water partition coefficient (Wildman–Crippen LogP) is 3.36. The molecule has 0 spiro atoms. The van der Waals surface area contributed by atoms with Crippen LogP contribution in [0.15, 0.2) is 42.5 Å². The molecule has 3 heteroatoms. The molecule has 18 heavy (non-hydrogen) atoms. The smallest absolute Gasteiger partial charge is 0.303 e. The van der Waals surface area contributed by atoms with Gasteiger partial charge in [-0.05, 0) is 22.4 Å². The van der Waals surface area contributed by atoms with E-state index in [4.69, 9.17) is 10.00 Å². The summed E-state index contributed by atoms with van der Waals surface area (Å²) in [5.74, 6) is -0.372. The molecule has 0 unspecified atom stereocenters. The number of hydrogen-bond donors (Lipinski definition) is 0. The molecule has 0 fully saturated rings. The molecule has 0 saturated carbocycles. The van der Waals surface area contributed by atoms with Gasteiger partial charge in [0, 0.05) is 6.92 Å². The first kappa shape index (κ1) is 12.1. The summed E-state index contributed by atoms with van der Waals surface area (Å²) < 4.78 is 5.16. The molecule has 3 nitrogen and oxygen atoms in total. The minimum absolute atomic E-state index is 0.165. The number of hydrogen-bond acceptors (Lipinski definition) is 3. The van der Waals surface area contributed by atoms with Gasteiger partial charge in [0.25, 0.3) is 0 Å². The fourth-order valence-corrected chi connectivity index (χ4v) is 1.92. The van der Waals surface area contributed by atoms with Crippen molar-refractivity contribution < 1.29 is 9.53 Å². The van der Waals surface area contributed by atoms with Crippen molar-refractivity contribution in [3.8, 4) is 6.07 Å². The van der Waals surface area contributed by atoms with Crippen LogP contribution in [0.1, 0.15) is 25.0 Å². The minimum atomic E-state index is -0.489. The van der Waals surface area contributed by atoms with E-state index in [1.54, 1.807) is 0 Å². The van der Waals surface area contributed by atoms with Crippen molar-refractivity contribution in [1.29, 1.82) is 5.26 Å².